The van der Waals surface area contributed by atoms with E-state index >= 15 is 0 Å². The zero-order chi connectivity index (χ0) is 15.4. The molecule has 0 N–H and O–H groups in total. The minimum absolute atomic E-state index is 0.0638. The highest BCUT2D eigenvalue weighted by Gasteiger charge is 2.32. The van der Waals surface area contributed by atoms with Gasteiger partial charge in [0, 0.05) is 25.5 Å². The predicted octanol–water partition coefficient (Wildman–Crippen LogP) is 1.58. The van der Waals surface area contributed by atoms with Crippen LogP contribution in [0.25, 0.3) is 0 Å². The van der Waals surface area contributed by atoms with Crippen LogP contribution in [-0.2, 0) is 0 Å². The summed E-state index contributed by atoms with van der Waals surface area (Å²) in [5.41, 5.74) is 0.155. The van der Waals surface area contributed by atoms with Crippen LogP contribution in [0.15, 0.2) is 18.6 Å². The Kier molecular flexibility index (Phi) is 5.88. The van der Waals surface area contributed by atoms with E-state index < -0.39 is 5.91 Å². The summed E-state index contributed by atoms with van der Waals surface area (Å²) in [6.07, 6.45) is 6.32. The Morgan fingerprint density at radius 1 is 1.19 bits per heavy atom. The molecule has 1 aromatic rings. The van der Waals surface area contributed by atoms with Gasteiger partial charge in [0.25, 0.3) is 5.91 Å². The highest BCUT2D eigenvalue weighted by molar-refractivity contribution is 8.11. The van der Waals surface area contributed by atoms with Crippen molar-refractivity contribution in [3.8, 4) is 0 Å². The molecule has 0 aromatic carbocycles. The summed E-state index contributed by atoms with van der Waals surface area (Å²) in [5, 5.41) is 4.56. The van der Waals surface area contributed by atoms with Crippen molar-refractivity contribution in [3.05, 3.63) is 24.3 Å². The number of hydrogen-bond donors (Lipinski definition) is 2. The number of carbonyl (C=O) groups is 1. The molecule has 1 aliphatic heterocycles. The molecule has 21 heavy (non-hydrogen) atoms. The SMILES string of the molecule is O=C(c1cnccn1)N(C(=S)S)N(C(=S)S)N1CCCC1. The van der Waals surface area contributed by atoms with E-state index in [0.29, 0.717) is 0 Å². The first-order valence-corrected chi connectivity index (χ1v) is 7.84. The van der Waals surface area contributed by atoms with Crippen molar-refractivity contribution >= 4 is 64.2 Å². The summed E-state index contributed by atoms with van der Waals surface area (Å²) in [6.45, 7) is 1.53. The third-order valence-electron chi connectivity index (χ3n) is 2.87. The summed E-state index contributed by atoms with van der Waals surface area (Å²) in [5.74, 6) is -0.452. The van der Waals surface area contributed by atoms with Gasteiger partial charge in [0.05, 0.1) is 6.20 Å². The van der Waals surface area contributed by atoms with Crippen molar-refractivity contribution in [1.82, 2.24) is 25.1 Å². The van der Waals surface area contributed by atoms with Gasteiger partial charge in [0.1, 0.15) is 5.69 Å². The number of aromatic nitrogens is 2. The largest absolute Gasteiger partial charge is 0.299 e. The lowest BCUT2D eigenvalue weighted by atomic mass is 10.4. The molecular formula is C11H13N5OS4. The summed E-state index contributed by atoms with van der Waals surface area (Å²) in [4.78, 5) is 20.5. The number of rotatable bonds is 2. The van der Waals surface area contributed by atoms with Crippen LogP contribution in [0.3, 0.4) is 0 Å². The van der Waals surface area contributed by atoms with Gasteiger partial charge in [-0.2, -0.15) is 15.1 Å². The third-order valence-corrected chi connectivity index (χ3v) is 3.57. The number of thiocarbonyl (C=S) groups is 2. The van der Waals surface area contributed by atoms with Crippen molar-refractivity contribution < 1.29 is 4.79 Å². The quantitative estimate of drug-likeness (QED) is 0.472. The number of hydrazine groups is 2. The molecule has 0 bridgehead atoms. The van der Waals surface area contributed by atoms with Gasteiger partial charge in [-0.05, 0) is 25.1 Å². The van der Waals surface area contributed by atoms with Gasteiger partial charge in [-0.15, -0.1) is 25.3 Å². The van der Waals surface area contributed by atoms with Crippen LogP contribution in [-0.4, -0.2) is 52.7 Å². The smallest absolute Gasteiger partial charge is 0.265 e. The Hall–Kier alpha value is -0.810. The molecular weight excluding hydrogens is 346 g/mol. The van der Waals surface area contributed by atoms with Gasteiger partial charge in [0.2, 0.25) is 0 Å². The fourth-order valence-corrected chi connectivity index (χ4v) is 2.74. The molecule has 10 heteroatoms. The molecule has 6 nitrogen and oxygen atoms in total. The summed E-state index contributed by atoms with van der Waals surface area (Å²) in [7, 11) is 0. The van der Waals surface area contributed by atoms with Gasteiger partial charge in [0.15, 0.2) is 8.64 Å². The molecule has 1 fully saturated rings. The number of thiol groups is 2. The van der Waals surface area contributed by atoms with Crippen molar-refractivity contribution in [2.75, 3.05) is 13.1 Å². The van der Waals surface area contributed by atoms with Crippen LogP contribution in [0.1, 0.15) is 23.3 Å². The molecule has 2 rings (SSSR count). The van der Waals surface area contributed by atoms with Gasteiger partial charge in [-0.3, -0.25) is 9.78 Å². The minimum atomic E-state index is -0.452. The number of amides is 1. The fraction of sp³-hybridized carbons (Fsp3) is 0.364. The molecule has 1 aliphatic rings. The number of hydrogen-bond acceptors (Lipinski definition) is 6. The van der Waals surface area contributed by atoms with E-state index in [-0.39, 0.29) is 14.3 Å². The molecule has 0 atom stereocenters. The standard InChI is InChI=1S/C11H13N5OS4/c17-9(8-7-12-3-4-13-8)15(10(18)19)16(11(20)21)14-5-1-2-6-14/h3-4,7H,1-2,5-6H2,(H,18,19)(H,20,21). The zero-order valence-electron chi connectivity index (χ0n) is 10.9. The van der Waals surface area contributed by atoms with Crippen LogP contribution in [0.4, 0.5) is 0 Å². The first-order chi connectivity index (χ1) is 10.0. The average Bonchev–Trinajstić information content (AvgIpc) is 2.97. The fourth-order valence-electron chi connectivity index (χ4n) is 1.99. The monoisotopic (exact) mass is 359 g/mol. The van der Waals surface area contributed by atoms with E-state index in [1.54, 1.807) is 0 Å². The van der Waals surface area contributed by atoms with Crippen LogP contribution in [0, 0.1) is 0 Å². The molecule has 1 aromatic heterocycles. The normalized spacial score (nSPS) is 14.8. The Balaban J connectivity index is 2.34. The molecule has 0 spiro atoms. The number of nitrogens with zero attached hydrogens (tertiary/aromatic N) is 5. The van der Waals surface area contributed by atoms with Gasteiger partial charge < -0.3 is 0 Å². The lowest BCUT2D eigenvalue weighted by Gasteiger charge is -2.39. The van der Waals surface area contributed by atoms with Gasteiger partial charge in [-0.25, -0.2) is 4.98 Å². The van der Waals surface area contributed by atoms with Crippen molar-refractivity contribution in [2.24, 2.45) is 0 Å². The van der Waals surface area contributed by atoms with Gasteiger partial charge >= 0.3 is 0 Å². The summed E-state index contributed by atoms with van der Waals surface area (Å²) in [6, 6.07) is 0. The third kappa shape index (κ3) is 3.89. The van der Waals surface area contributed by atoms with Gasteiger partial charge in [-0.1, -0.05) is 12.2 Å². The molecule has 0 aliphatic carbocycles. The minimum Gasteiger partial charge on any atom is -0.265 e. The molecule has 0 saturated carbocycles. The zero-order valence-corrected chi connectivity index (χ0v) is 14.3. The van der Waals surface area contributed by atoms with Crippen LogP contribution in [0.2, 0.25) is 0 Å². The lowest BCUT2D eigenvalue weighted by molar-refractivity contribution is -0.0422. The predicted molar refractivity (Wildman–Crippen MR) is 94.0 cm³/mol. The maximum Gasteiger partial charge on any atom is 0.299 e. The molecule has 1 saturated heterocycles. The molecule has 112 valence electrons. The maximum absolute atomic E-state index is 12.6. The topological polar surface area (TPSA) is 52.6 Å². The van der Waals surface area contributed by atoms with E-state index in [4.69, 9.17) is 24.4 Å². The second-order valence-corrected chi connectivity index (χ2v) is 6.45. The maximum atomic E-state index is 12.6. The Morgan fingerprint density at radius 2 is 1.86 bits per heavy atom. The van der Waals surface area contributed by atoms with Crippen molar-refractivity contribution in [1.29, 1.82) is 0 Å². The highest BCUT2D eigenvalue weighted by Crippen LogP contribution is 2.19. The number of carbonyl (C=O) groups excluding carboxylic acids is 1. The molecule has 0 radical (unpaired) electrons. The summed E-state index contributed by atoms with van der Waals surface area (Å²) >= 11 is 18.6. The molecule has 1 amide bonds. The Morgan fingerprint density at radius 3 is 2.33 bits per heavy atom. The van der Waals surface area contributed by atoms with E-state index in [1.807, 2.05) is 5.01 Å². The van der Waals surface area contributed by atoms with Crippen LogP contribution >= 0.6 is 49.7 Å². The average molecular weight is 360 g/mol. The van der Waals surface area contributed by atoms with Crippen LogP contribution < -0.4 is 0 Å². The first-order valence-electron chi connectivity index (χ1n) is 6.13. The van der Waals surface area contributed by atoms with E-state index in [2.05, 4.69) is 35.2 Å². The van der Waals surface area contributed by atoms with E-state index in [9.17, 15) is 4.79 Å². The van der Waals surface area contributed by atoms with Crippen molar-refractivity contribution in [2.45, 2.75) is 12.8 Å². The van der Waals surface area contributed by atoms with E-state index in [0.717, 1.165) is 25.9 Å². The van der Waals surface area contributed by atoms with E-state index in [1.165, 1.54) is 28.7 Å². The molecule has 0 unspecified atom stereocenters. The highest BCUT2D eigenvalue weighted by atomic mass is 32.1. The Bertz CT molecular complexity index is 549. The van der Waals surface area contributed by atoms with Crippen LogP contribution in [0.5, 0.6) is 0 Å². The second kappa shape index (κ2) is 7.45. The Labute approximate surface area is 144 Å². The second-order valence-electron chi connectivity index (χ2n) is 4.22. The lowest BCUT2D eigenvalue weighted by Crippen LogP contribution is -2.57. The van der Waals surface area contributed by atoms with Crippen molar-refractivity contribution in [3.63, 3.8) is 0 Å². The molecule has 2 heterocycles. The first kappa shape index (κ1) is 16.6. The summed E-state index contributed by atoms with van der Waals surface area (Å²) < 4.78 is 0.277.